The molecule has 4 heteroatoms. The molecule has 3 rings (SSSR count). The molecule has 3 aromatic rings. The maximum Gasteiger partial charge on any atom is 0.203 e. The van der Waals surface area contributed by atoms with Crippen LogP contribution in [-0.2, 0) is 0 Å². The van der Waals surface area contributed by atoms with Gasteiger partial charge in [-0.25, -0.2) is 0 Å². The molecule has 0 bridgehead atoms. The summed E-state index contributed by atoms with van der Waals surface area (Å²) in [5.41, 5.74) is 2.57. The molecule has 0 atom stereocenters. The van der Waals surface area contributed by atoms with E-state index in [-0.39, 0.29) is 11.4 Å². The molecule has 0 saturated heterocycles. The van der Waals surface area contributed by atoms with Gasteiger partial charge in [0.1, 0.15) is 23.2 Å². The minimum atomic E-state index is -0.322. The summed E-state index contributed by atoms with van der Waals surface area (Å²) in [5, 5.41) is 9.33. The highest BCUT2D eigenvalue weighted by Crippen LogP contribution is 2.31. The second-order valence-corrected chi connectivity index (χ2v) is 6.40. The first kappa shape index (κ1) is 16.9. The lowest BCUT2D eigenvalue weighted by Gasteiger charge is -2.02. The van der Waals surface area contributed by atoms with Gasteiger partial charge in [0.2, 0.25) is 5.78 Å². The van der Waals surface area contributed by atoms with Gasteiger partial charge in [0.15, 0.2) is 0 Å². The van der Waals surface area contributed by atoms with Gasteiger partial charge in [-0.05, 0) is 36.8 Å². The van der Waals surface area contributed by atoms with Crippen LogP contribution in [0.5, 0.6) is 0 Å². The topological polar surface area (TPSA) is 54.0 Å². The van der Waals surface area contributed by atoms with Crippen molar-refractivity contribution in [1.82, 2.24) is 0 Å². The van der Waals surface area contributed by atoms with Gasteiger partial charge in [0.25, 0.3) is 0 Å². The first-order valence-electron chi connectivity index (χ1n) is 7.66. The van der Waals surface area contributed by atoms with E-state index in [1.165, 1.54) is 6.08 Å². The van der Waals surface area contributed by atoms with Crippen LogP contribution in [0.25, 0.3) is 17.4 Å². The first-order valence-corrected chi connectivity index (χ1v) is 8.45. The van der Waals surface area contributed by atoms with Crippen LogP contribution in [0.2, 0.25) is 0 Å². The van der Waals surface area contributed by atoms with E-state index < -0.39 is 0 Å². The van der Waals surface area contributed by atoms with Crippen LogP contribution in [0.1, 0.15) is 21.7 Å². The van der Waals surface area contributed by atoms with Gasteiger partial charge in [-0.2, -0.15) is 5.26 Å². The predicted octanol–water partition coefficient (Wildman–Crippen LogP) is 5.81. The number of carbonyl (C=O) groups excluding carboxylic acids is 1. The molecule has 1 aromatic heterocycles. The van der Waals surface area contributed by atoms with Gasteiger partial charge in [0, 0.05) is 21.7 Å². The third-order valence-electron chi connectivity index (χ3n) is 3.70. The summed E-state index contributed by atoms with van der Waals surface area (Å²) in [5.74, 6) is 0.809. The minimum Gasteiger partial charge on any atom is -0.457 e. The number of halogens is 1. The Kier molecular flexibility index (Phi) is 4.97. The highest BCUT2D eigenvalue weighted by molar-refractivity contribution is 9.10. The number of ketones is 1. The predicted molar refractivity (Wildman–Crippen MR) is 101 cm³/mol. The number of nitrogens with zero attached hydrogens (tertiary/aromatic N) is 1. The number of allylic oxidation sites excluding steroid dienone is 1. The molecule has 0 spiro atoms. The van der Waals surface area contributed by atoms with E-state index in [4.69, 9.17) is 4.42 Å². The zero-order valence-corrected chi connectivity index (χ0v) is 15.1. The van der Waals surface area contributed by atoms with Gasteiger partial charge in [-0.1, -0.05) is 52.3 Å². The minimum absolute atomic E-state index is 0.0371. The third kappa shape index (κ3) is 3.78. The monoisotopic (exact) mass is 391 g/mol. The number of Topliss-reactive ketones (excluding diaryl/α,β-unsaturated/α-hetero) is 1. The summed E-state index contributed by atoms with van der Waals surface area (Å²) in [6.45, 7) is 2.01. The molecular formula is C21H14BrNO2. The maximum atomic E-state index is 12.4. The van der Waals surface area contributed by atoms with Crippen LogP contribution in [0.3, 0.4) is 0 Å². The normalized spacial score (nSPS) is 11.2. The largest absolute Gasteiger partial charge is 0.457 e. The molecule has 0 amide bonds. The van der Waals surface area contributed by atoms with E-state index in [1.807, 2.05) is 43.3 Å². The summed E-state index contributed by atoms with van der Waals surface area (Å²) >= 11 is 3.53. The highest BCUT2D eigenvalue weighted by atomic mass is 79.9. The van der Waals surface area contributed by atoms with Crippen molar-refractivity contribution in [2.75, 3.05) is 0 Å². The van der Waals surface area contributed by atoms with Crippen LogP contribution in [-0.4, -0.2) is 5.78 Å². The Bertz CT molecular complexity index is 994. The van der Waals surface area contributed by atoms with Gasteiger partial charge in [-0.3, -0.25) is 4.79 Å². The van der Waals surface area contributed by atoms with Crippen molar-refractivity contribution < 1.29 is 9.21 Å². The molecule has 0 radical (unpaired) electrons. The van der Waals surface area contributed by atoms with Crippen LogP contribution in [0.4, 0.5) is 0 Å². The molecule has 0 aliphatic heterocycles. The average Bonchev–Trinajstić information content (AvgIpc) is 3.08. The summed E-state index contributed by atoms with van der Waals surface area (Å²) in [6.07, 6.45) is 1.47. The molecule has 0 N–H and O–H groups in total. The number of aryl methyl sites for hydroxylation is 1. The number of hydrogen-bond donors (Lipinski definition) is 0. The van der Waals surface area contributed by atoms with Crippen molar-refractivity contribution in [2.45, 2.75) is 6.92 Å². The smallest absolute Gasteiger partial charge is 0.203 e. The van der Waals surface area contributed by atoms with Crippen LogP contribution >= 0.6 is 15.9 Å². The SMILES string of the molecule is Cc1ccc(-c2ccc(/C=C(\C#N)C(=O)c3ccccc3)o2)c(Br)c1. The van der Waals surface area contributed by atoms with E-state index >= 15 is 0 Å². The lowest BCUT2D eigenvalue weighted by Crippen LogP contribution is -2.01. The zero-order valence-electron chi connectivity index (χ0n) is 13.5. The summed E-state index contributed by atoms with van der Waals surface area (Å²) in [4.78, 5) is 12.4. The lowest BCUT2D eigenvalue weighted by molar-refractivity contribution is 0.104. The first-order chi connectivity index (χ1) is 12.1. The maximum absolute atomic E-state index is 12.4. The Balaban J connectivity index is 1.92. The number of carbonyl (C=O) groups is 1. The summed E-state index contributed by atoms with van der Waals surface area (Å²) < 4.78 is 6.73. The molecule has 3 nitrogen and oxygen atoms in total. The standard InChI is InChI=1S/C21H14BrNO2/c1-14-7-9-18(19(22)11-14)20-10-8-17(25-20)12-16(13-23)21(24)15-5-3-2-4-6-15/h2-12H,1H3/b16-12+. The molecule has 0 aliphatic rings. The Morgan fingerprint density at radius 1 is 1.12 bits per heavy atom. The lowest BCUT2D eigenvalue weighted by atomic mass is 10.0. The summed E-state index contributed by atoms with van der Waals surface area (Å²) in [7, 11) is 0. The molecule has 122 valence electrons. The second-order valence-electron chi connectivity index (χ2n) is 5.55. The molecule has 0 aliphatic carbocycles. The van der Waals surface area contributed by atoms with Gasteiger partial charge in [-0.15, -0.1) is 0 Å². The van der Waals surface area contributed by atoms with Crippen molar-refractivity contribution in [2.24, 2.45) is 0 Å². The van der Waals surface area contributed by atoms with E-state index in [0.29, 0.717) is 17.1 Å². The number of benzene rings is 2. The number of hydrogen-bond acceptors (Lipinski definition) is 3. The van der Waals surface area contributed by atoms with Crippen molar-refractivity contribution in [3.05, 3.63) is 87.6 Å². The Labute approximate surface area is 154 Å². The van der Waals surface area contributed by atoms with E-state index in [2.05, 4.69) is 15.9 Å². The van der Waals surface area contributed by atoms with Gasteiger partial charge in [0.05, 0.1) is 0 Å². The Morgan fingerprint density at radius 3 is 2.56 bits per heavy atom. The quantitative estimate of drug-likeness (QED) is 0.320. The number of nitriles is 1. The molecule has 0 unspecified atom stereocenters. The molecule has 1 heterocycles. The van der Waals surface area contributed by atoms with E-state index in [9.17, 15) is 10.1 Å². The molecular weight excluding hydrogens is 378 g/mol. The average molecular weight is 392 g/mol. The fraction of sp³-hybridized carbons (Fsp3) is 0.0476. The Morgan fingerprint density at radius 2 is 1.88 bits per heavy atom. The fourth-order valence-electron chi connectivity index (χ4n) is 2.43. The highest BCUT2D eigenvalue weighted by Gasteiger charge is 2.13. The van der Waals surface area contributed by atoms with Crippen molar-refractivity contribution in [3.63, 3.8) is 0 Å². The van der Waals surface area contributed by atoms with E-state index in [1.54, 1.807) is 30.3 Å². The number of furan rings is 1. The molecule has 25 heavy (non-hydrogen) atoms. The third-order valence-corrected chi connectivity index (χ3v) is 4.36. The Hall–Kier alpha value is -2.90. The van der Waals surface area contributed by atoms with Crippen molar-refractivity contribution >= 4 is 27.8 Å². The van der Waals surface area contributed by atoms with Gasteiger partial charge < -0.3 is 4.42 Å². The van der Waals surface area contributed by atoms with Crippen LogP contribution in [0.15, 0.2) is 75.1 Å². The second kappa shape index (κ2) is 7.33. The zero-order chi connectivity index (χ0) is 17.8. The van der Waals surface area contributed by atoms with Crippen LogP contribution < -0.4 is 0 Å². The van der Waals surface area contributed by atoms with Crippen molar-refractivity contribution in [3.8, 4) is 17.4 Å². The number of rotatable bonds is 4. The fourth-order valence-corrected chi connectivity index (χ4v) is 3.12. The molecule has 0 fully saturated rings. The van der Waals surface area contributed by atoms with E-state index in [0.717, 1.165) is 15.6 Å². The van der Waals surface area contributed by atoms with Gasteiger partial charge >= 0.3 is 0 Å². The molecule has 0 saturated carbocycles. The van der Waals surface area contributed by atoms with Crippen LogP contribution in [0, 0.1) is 18.3 Å². The van der Waals surface area contributed by atoms with Crippen molar-refractivity contribution in [1.29, 1.82) is 5.26 Å². The molecule has 2 aromatic carbocycles. The summed E-state index contributed by atoms with van der Waals surface area (Å²) in [6, 6.07) is 20.2.